The maximum Gasteiger partial charge on any atom is 0.236 e. The van der Waals surface area contributed by atoms with Gasteiger partial charge in [0.1, 0.15) is 0 Å². The van der Waals surface area contributed by atoms with Crippen LogP contribution in [0.1, 0.15) is 30.7 Å². The Bertz CT molecular complexity index is 369. The van der Waals surface area contributed by atoms with E-state index in [1.54, 1.807) is 0 Å². The zero-order valence-corrected chi connectivity index (χ0v) is 11.4. The molecular weight excluding hydrogens is 248 g/mol. The van der Waals surface area contributed by atoms with Gasteiger partial charge in [0, 0.05) is 13.1 Å². The molecule has 0 spiro atoms. The first-order valence-corrected chi connectivity index (χ1v) is 6.34. The molecule has 100 valence electrons. The van der Waals surface area contributed by atoms with Crippen LogP contribution in [-0.4, -0.2) is 30.4 Å². The average molecular weight is 269 g/mol. The number of hydrogen-bond acceptors (Lipinski definition) is 2. The summed E-state index contributed by atoms with van der Waals surface area (Å²) in [6, 6.07) is 10.6. The van der Waals surface area contributed by atoms with E-state index >= 15 is 0 Å². The van der Waals surface area contributed by atoms with Crippen molar-refractivity contribution >= 4 is 18.3 Å². The largest absolute Gasteiger partial charge is 0.342 e. The molecule has 0 saturated carbocycles. The summed E-state index contributed by atoms with van der Waals surface area (Å²) in [4.78, 5) is 13.5. The van der Waals surface area contributed by atoms with E-state index in [1.807, 2.05) is 11.0 Å². The lowest BCUT2D eigenvalue weighted by Gasteiger charge is -2.19. The van der Waals surface area contributed by atoms with Crippen molar-refractivity contribution in [1.29, 1.82) is 0 Å². The van der Waals surface area contributed by atoms with Gasteiger partial charge in [0.15, 0.2) is 0 Å². The smallest absolute Gasteiger partial charge is 0.236 e. The van der Waals surface area contributed by atoms with Crippen LogP contribution in [0.4, 0.5) is 0 Å². The minimum absolute atomic E-state index is 0. The van der Waals surface area contributed by atoms with E-state index in [1.165, 1.54) is 12.0 Å². The van der Waals surface area contributed by atoms with Gasteiger partial charge in [-0.05, 0) is 30.7 Å². The lowest BCUT2D eigenvalue weighted by Crippen LogP contribution is -2.36. The highest BCUT2D eigenvalue weighted by Crippen LogP contribution is 2.27. The third-order valence-electron chi connectivity index (χ3n) is 3.53. The Kier molecular flexibility index (Phi) is 6.16. The van der Waals surface area contributed by atoms with Crippen molar-refractivity contribution in [2.24, 2.45) is 5.73 Å². The highest BCUT2D eigenvalue weighted by Gasteiger charge is 2.20. The second-order valence-corrected chi connectivity index (χ2v) is 4.62. The lowest BCUT2D eigenvalue weighted by molar-refractivity contribution is -0.129. The average Bonchev–Trinajstić information content (AvgIpc) is 2.64. The SMILES string of the molecule is Cl.NCC(=O)N1CCCC(c2ccccc2)CC1. The number of rotatable bonds is 2. The number of carbonyl (C=O) groups excluding carboxylic acids is 1. The van der Waals surface area contributed by atoms with Crippen molar-refractivity contribution in [3.05, 3.63) is 35.9 Å². The van der Waals surface area contributed by atoms with Crippen molar-refractivity contribution in [1.82, 2.24) is 4.90 Å². The third-order valence-corrected chi connectivity index (χ3v) is 3.53. The Morgan fingerprint density at radius 2 is 1.94 bits per heavy atom. The van der Waals surface area contributed by atoms with Gasteiger partial charge in [-0.15, -0.1) is 12.4 Å². The number of nitrogens with zero attached hydrogens (tertiary/aromatic N) is 1. The number of nitrogens with two attached hydrogens (primary N) is 1. The molecule has 1 aromatic carbocycles. The summed E-state index contributed by atoms with van der Waals surface area (Å²) >= 11 is 0. The van der Waals surface area contributed by atoms with E-state index in [-0.39, 0.29) is 24.9 Å². The number of benzene rings is 1. The maximum atomic E-state index is 11.6. The summed E-state index contributed by atoms with van der Waals surface area (Å²) in [7, 11) is 0. The van der Waals surface area contributed by atoms with Crippen LogP contribution in [0.2, 0.25) is 0 Å². The highest BCUT2D eigenvalue weighted by atomic mass is 35.5. The van der Waals surface area contributed by atoms with E-state index < -0.39 is 0 Å². The number of carbonyl (C=O) groups is 1. The zero-order valence-electron chi connectivity index (χ0n) is 10.5. The molecule has 2 rings (SSSR count). The first-order chi connectivity index (χ1) is 8.31. The summed E-state index contributed by atoms with van der Waals surface area (Å²) < 4.78 is 0. The van der Waals surface area contributed by atoms with Gasteiger partial charge in [-0.25, -0.2) is 0 Å². The fourth-order valence-electron chi connectivity index (χ4n) is 2.53. The summed E-state index contributed by atoms with van der Waals surface area (Å²) in [6.45, 7) is 1.84. The van der Waals surface area contributed by atoms with Gasteiger partial charge < -0.3 is 10.6 Å². The summed E-state index contributed by atoms with van der Waals surface area (Å²) in [6.07, 6.45) is 3.29. The van der Waals surface area contributed by atoms with E-state index in [9.17, 15) is 4.79 Å². The Labute approximate surface area is 115 Å². The Morgan fingerprint density at radius 1 is 1.22 bits per heavy atom. The first-order valence-electron chi connectivity index (χ1n) is 6.34. The van der Waals surface area contributed by atoms with Crippen molar-refractivity contribution in [3.63, 3.8) is 0 Å². The third kappa shape index (κ3) is 3.72. The molecule has 1 aromatic rings. The Morgan fingerprint density at radius 3 is 2.61 bits per heavy atom. The molecule has 0 radical (unpaired) electrons. The summed E-state index contributed by atoms with van der Waals surface area (Å²) in [5.74, 6) is 0.672. The van der Waals surface area contributed by atoms with E-state index in [0.717, 1.165) is 25.9 Å². The second-order valence-electron chi connectivity index (χ2n) is 4.62. The quantitative estimate of drug-likeness (QED) is 0.894. The van der Waals surface area contributed by atoms with Crippen LogP contribution in [0.3, 0.4) is 0 Å². The molecule has 0 aliphatic carbocycles. The molecule has 1 aliphatic heterocycles. The van der Waals surface area contributed by atoms with Gasteiger partial charge in [0.25, 0.3) is 0 Å². The molecule has 1 unspecified atom stereocenters. The molecule has 1 atom stereocenters. The van der Waals surface area contributed by atoms with E-state index in [0.29, 0.717) is 5.92 Å². The monoisotopic (exact) mass is 268 g/mol. The fourth-order valence-corrected chi connectivity index (χ4v) is 2.53. The van der Waals surface area contributed by atoms with Gasteiger partial charge in [0.05, 0.1) is 6.54 Å². The van der Waals surface area contributed by atoms with Crippen molar-refractivity contribution in [3.8, 4) is 0 Å². The van der Waals surface area contributed by atoms with Gasteiger partial charge in [-0.2, -0.15) is 0 Å². The Hall–Kier alpha value is -1.06. The van der Waals surface area contributed by atoms with E-state index in [4.69, 9.17) is 5.73 Å². The molecule has 1 fully saturated rings. The molecule has 0 bridgehead atoms. The van der Waals surface area contributed by atoms with Crippen molar-refractivity contribution < 1.29 is 4.79 Å². The van der Waals surface area contributed by atoms with Crippen LogP contribution in [0.15, 0.2) is 30.3 Å². The van der Waals surface area contributed by atoms with Crippen LogP contribution in [0.25, 0.3) is 0 Å². The van der Waals surface area contributed by atoms with Crippen LogP contribution >= 0.6 is 12.4 Å². The van der Waals surface area contributed by atoms with Crippen LogP contribution < -0.4 is 5.73 Å². The highest BCUT2D eigenvalue weighted by molar-refractivity contribution is 5.85. The van der Waals surface area contributed by atoms with Gasteiger partial charge in [0.2, 0.25) is 5.91 Å². The number of likely N-dealkylation sites (tertiary alicyclic amines) is 1. The standard InChI is InChI=1S/C14H20N2O.ClH/c15-11-14(17)16-9-4-7-13(8-10-16)12-5-2-1-3-6-12;/h1-3,5-6,13H,4,7-11,15H2;1H. The molecular formula is C14H21ClN2O. The lowest BCUT2D eigenvalue weighted by atomic mass is 9.92. The molecule has 1 aliphatic rings. The topological polar surface area (TPSA) is 46.3 Å². The predicted octanol–water partition coefficient (Wildman–Crippen LogP) is 2.16. The van der Waals surface area contributed by atoms with Crippen molar-refractivity contribution in [2.75, 3.05) is 19.6 Å². The van der Waals surface area contributed by atoms with E-state index in [2.05, 4.69) is 24.3 Å². The van der Waals surface area contributed by atoms with Crippen LogP contribution in [-0.2, 0) is 4.79 Å². The molecule has 1 amide bonds. The Balaban J connectivity index is 0.00000162. The number of amides is 1. The fraction of sp³-hybridized carbons (Fsp3) is 0.500. The summed E-state index contributed by atoms with van der Waals surface area (Å²) in [5, 5.41) is 0. The molecule has 2 N–H and O–H groups in total. The van der Waals surface area contributed by atoms with Gasteiger partial charge >= 0.3 is 0 Å². The predicted molar refractivity (Wildman–Crippen MR) is 75.9 cm³/mol. The molecule has 1 saturated heterocycles. The van der Waals surface area contributed by atoms with Crippen LogP contribution in [0.5, 0.6) is 0 Å². The molecule has 3 nitrogen and oxygen atoms in total. The van der Waals surface area contributed by atoms with Crippen LogP contribution in [0, 0.1) is 0 Å². The number of hydrogen-bond donors (Lipinski definition) is 1. The first kappa shape index (κ1) is 15.0. The normalized spacial score (nSPS) is 19.8. The second kappa shape index (κ2) is 7.39. The zero-order chi connectivity index (χ0) is 12.1. The van der Waals surface area contributed by atoms with Crippen molar-refractivity contribution in [2.45, 2.75) is 25.2 Å². The molecule has 18 heavy (non-hydrogen) atoms. The van der Waals surface area contributed by atoms with Gasteiger partial charge in [-0.3, -0.25) is 4.79 Å². The maximum absolute atomic E-state index is 11.6. The van der Waals surface area contributed by atoms with Gasteiger partial charge in [-0.1, -0.05) is 30.3 Å². The minimum Gasteiger partial charge on any atom is -0.342 e. The minimum atomic E-state index is 0. The molecule has 1 heterocycles. The molecule has 0 aromatic heterocycles. The summed E-state index contributed by atoms with van der Waals surface area (Å²) in [5.41, 5.74) is 6.81. The molecule has 4 heteroatoms. The number of halogens is 1.